The van der Waals surface area contributed by atoms with Gasteiger partial charge in [0.15, 0.2) is 5.03 Å². The number of aromatic nitrogens is 2. The normalized spacial score (nSPS) is 23.9. The Bertz CT molecular complexity index is 544. The fourth-order valence-electron chi connectivity index (χ4n) is 2.37. The first-order valence-electron chi connectivity index (χ1n) is 6.65. The smallest absolute Gasteiger partial charge is 0.259 e. The lowest BCUT2D eigenvalue weighted by Crippen LogP contribution is -2.47. The summed E-state index contributed by atoms with van der Waals surface area (Å²) >= 11 is 0. The van der Waals surface area contributed by atoms with E-state index in [2.05, 4.69) is 15.0 Å². The van der Waals surface area contributed by atoms with Gasteiger partial charge in [-0.15, -0.1) is 0 Å². The molecule has 6 nitrogen and oxygen atoms in total. The summed E-state index contributed by atoms with van der Waals surface area (Å²) in [6.07, 6.45) is 3.65. The number of aryl methyl sites for hydroxylation is 2. The molecule has 1 aliphatic rings. The largest absolute Gasteiger partial charge is 0.334 e. The zero-order chi connectivity index (χ0) is 14.1. The van der Waals surface area contributed by atoms with Crippen molar-refractivity contribution in [1.29, 1.82) is 0 Å². The highest BCUT2D eigenvalue weighted by atomic mass is 32.2. The van der Waals surface area contributed by atoms with Crippen LogP contribution in [-0.4, -0.2) is 36.6 Å². The van der Waals surface area contributed by atoms with E-state index in [4.69, 9.17) is 0 Å². The van der Waals surface area contributed by atoms with Crippen molar-refractivity contribution in [2.75, 3.05) is 13.1 Å². The topological polar surface area (TPSA) is 76.0 Å². The highest BCUT2D eigenvalue weighted by Crippen LogP contribution is 2.18. The zero-order valence-corrected chi connectivity index (χ0v) is 12.5. The number of hydrogen-bond acceptors (Lipinski definition) is 4. The van der Waals surface area contributed by atoms with Crippen LogP contribution in [-0.2, 0) is 16.6 Å². The van der Waals surface area contributed by atoms with Crippen LogP contribution in [0.1, 0.15) is 32.5 Å². The van der Waals surface area contributed by atoms with Gasteiger partial charge in [0.25, 0.3) is 10.0 Å². The lowest BCUT2D eigenvalue weighted by Gasteiger charge is -2.24. The molecule has 0 bridgehead atoms. The van der Waals surface area contributed by atoms with Gasteiger partial charge in [0.05, 0.1) is 0 Å². The Balaban J connectivity index is 2.09. The molecule has 7 heteroatoms. The molecule has 1 saturated heterocycles. The van der Waals surface area contributed by atoms with Crippen LogP contribution < -0.4 is 10.0 Å². The lowest BCUT2D eigenvalue weighted by molar-refractivity contribution is 0.409. The summed E-state index contributed by atoms with van der Waals surface area (Å²) in [6, 6.07) is 0. The van der Waals surface area contributed by atoms with E-state index in [-0.39, 0.29) is 10.6 Å². The number of hydrogen-bond donors (Lipinski definition) is 2. The van der Waals surface area contributed by atoms with E-state index in [1.54, 1.807) is 6.20 Å². The minimum absolute atomic E-state index is 0.105. The van der Waals surface area contributed by atoms with E-state index in [0.29, 0.717) is 18.9 Å². The molecule has 1 fully saturated rings. The van der Waals surface area contributed by atoms with Crippen molar-refractivity contribution in [1.82, 2.24) is 19.6 Å². The van der Waals surface area contributed by atoms with Crippen molar-refractivity contribution in [2.45, 2.75) is 50.7 Å². The first-order chi connectivity index (χ1) is 8.86. The average molecular weight is 286 g/mol. The summed E-state index contributed by atoms with van der Waals surface area (Å²) in [6.45, 7) is 7.87. The summed E-state index contributed by atoms with van der Waals surface area (Å²) in [5, 5.41) is 3.44. The summed E-state index contributed by atoms with van der Waals surface area (Å²) in [5.74, 6) is 0.716. The fraction of sp³-hybridized carbons (Fsp3) is 0.750. The summed E-state index contributed by atoms with van der Waals surface area (Å²) < 4.78 is 28.9. The molecule has 2 heterocycles. The van der Waals surface area contributed by atoms with Gasteiger partial charge in [-0.2, -0.15) is 0 Å². The molecular formula is C12H22N4O2S. The van der Waals surface area contributed by atoms with Crippen LogP contribution >= 0.6 is 0 Å². The van der Waals surface area contributed by atoms with Crippen molar-refractivity contribution in [3.63, 3.8) is 0 Å². The lowest BCUT2D eigenvalue weighted by atomic mass is 10.0. The van der Waals surface area contributed by atoms with Gasteiger partial charge in [0.1, 0.15) is 5.82 Å². The second-order valence-corrected chi connectivity index (χ2v) is 7.04. The van der Waals surface area contributed by atoms with Gasteiger partial charge in [-0.25, -0.2) is 18.1 Å². The Kier molecular flexibility index (Phi) is 3.98. The number of sulfonamides is 1. The van der Waals surface area contributed by atoms with Gasteiger partial charge in [0, 0.05) is 24.8 Å². The zero-order valence-electron chi connectivity index (χ0n) is 11.7. The molecule has 1 unspecified atom stereocenters. The molecule has 0 aliphatic carbocycles. The van der Waals surface area contributed by atoms with Gasteiger partial charge in [-0.3, -0.25) is 0 Å². The molecule has 1 aromatic rings. The van der Waals surface area contributed by atoms with Crippen molar-refractivity contribution in [3.8, 4) is 0 Å². The van der Waals surface area contributed by atoms with Crippen LogP contribution in [0.3, 0.4) is 0 Å². The van der Waals surface area contributed by atoms with Crippen LogP contribution in [0.25, 0.3) is 0 Å². The number of imidazole rings is 1. The molecule has 0 spiro atoms. The second-order valence-electron chi connectivity index (χ2n) is 5.33. The van der Waals surface area contributed by atoms with E-state index < -0.39 is 10.0 Å². The Morgan fingerprint density at radius 2 is 2.32 bits per heavy atom. The average Bonchev–Trinajstić information content (AvgIpc) is 2.94. The second kappa shape index (κ2) is 5.22. The molecule has 19 heavy (non-hydrogen) atoms. The first kappa shape index (κ1) is 14.5. The molecule has 1 aliphatic heterocycles. The highest BCUT2D eigenvalue weighted by molar-refractivity contribution is 7.89. The van der Waals surface area contributed by atoms with Crippen LogP contribution in [0.4, 0.5) is 0 Å². The van der Waals surface area contributed by atoms with Gasteiger partial charge in [0.2, 0.25) is 0 Å². The Morgan fingerprint density at radius 3 is 2.84 bits per heavy atom. The molecule has 0 radical (unpaired) electrons. The van der Waals surface area contributed by atoms with E-state index in [9.17, 15) is 8.42 Å². The summed E-state index contributed by atoms with van der Waals surface area (Å²) in [7, 11) is -3.52. The molecule has 1 aromatic heterocycles. The maximum absolute atomic E-state index is 12.2. The van der Waals surface area contributed by atoms with Crippen molar-refractivity contribution in [3.05, 3.63) is 12.0 Å². The van der Waals surface area contributed by atoms with Gasteiger partial charge >= 0.3 is 0 Å². The Hall–Kier alpha value is -0.920. The van der Waals surface area contributed by atoms with Crippen molar-refractivity contribution < 1.29 is 8.42 Å². The van der Waals surface area contributed by atoms with Crippen LogP contribution in [0, 0.1) is 6.92 Å². The molecular weight excluding hydrogens is 264 g/mol. The monoisotopic (exact) mass is 286 g/mol. The predicted molar refractivity (Wildman–Crippen MR) is 73.5 cm³/mol. The first-order valence-corrected chi connectivity index (χ1v) is 8.13. The summed E-state index contributed by atoms with van der Waals surface area (Å²) in [4.78, 5) is 4.11. The SMILES string of the molecule is CCn1cc(S(=O)(=O)NCC2(C)CCCN2)nc1C. The third kappa shape index (κ3) is 3.16. The fourth-order valence-corrected chi connectivity index (χ4v) is 3.54. The number of nitrogens with zero attached hydrogens (tertiary/aromatic N) is 2. The van der Waals surface area contributed by atoms with Crippen LogP contribution in [0.5, 0.6) is 0 Å². The van der Waals surface area contributed by atoms with Gasteiger partial charge < -0.3 is 9.88 Å². The van der Waals surface area contributed by atoms with Gasteiger partial charge in [-0.1, -0.05) is 0 Å². The Morgan fingerprint density at radius 1 is 1.58 bits per heavy atom. The molecule has 2 rings (SSSR count). The van der Waals surface area contributed by atoms with E-state index in [1.807, 2.05) is 25.3 Å². The maximum Gasteiger partial charge on any atom is 0.259 e. The van der Waals surface area contributed by atoms with E-state index in [1.165, 1.54) is 0 Å². The maximum atomic E-state index is 12.2. The van der Waals surface area contributed by atoms with E-state index >= 15 is 0 Å². The molecule has 0 aromatic carbocycles. The van der Waals surface area contributed by atoms with Gasteiger partial charge in [-0.05, 0) is 40.2 Å². The van der Waals surface area contributed by atoms with Crippen molar-refractivity contribution in [2.24, 2.45) is 0 Å². The van der Waals surface area contributed by atoms with E-state index in [0.717, 1.165) is 19.4 Å². The predicted octanol–water partition coefficient (Wildman–Crippen LogP) is 0.632. The minimum Gasteiger partial charge on any atom is -0.334 e. The highest BCUT2D eigenvalue weighted by Gasteiger charge is 2.30. The quantitative estimate of drug-likeness (QED) is 0.832. The standard InChI is InChI=1S/C12H22N4O2S/c1-4-16-8-11(15-10(16)2)19(17,18)14-9-12(3)6-5-7-13-12/h8,13-14H,4-7,9H2,1-3H3. The third-order valence-electron chi connectivity index (χ3n) is 3.68. The molecule has 0 saturated carbocycles. The Labute approximate surface area is 114 Å². The molecule has 2 N–H and O–H groups in total. The summed E-state index contributed by atoms with van der Waals surface area (Å²) in [5.41, 5.74) is -0.143. The van der Waals surface area contributed by atoms with Crippen LogP contribution in [0.15, 0.2) is 11.2 Å². The molecule has 1 atom stereocenters. The third-order valence-corrected chi connectivity index (χ3v) is 4.95. The number of nitrogens with one attached hydrogen (secondary N) is 2. The number of rotatable bonds is 5. The minimum atomic E-state index is -3.52. The molecule has 0 amide bonds. The van der Waals surface area contributed by atoms with Crippen molar-refractivity contribution >= 4 is 10.0 Å². The molecule has 108 valence electrons. The van der Waals surface area contributed by atoms with Crippen LogP contribution in [0.2, 0.25) is 0 Å².